The lowest BCUT2D eigenvalue weighted by atomic mass is 10.0. The van der Waals surface area contributed by atoms with E-state index >= 15 is 0 Å². The van der Waals surface area contributed by atoms with E-state index in [0.717, 1.165) is 12.2 Å². The molecular weight excluding hydrogens is 182 g/mol. The number of allylic oxidation sites excluding steroid dienone is 1. The van der Waals surface area contributed by atoms with Crippen LogP contribution in [-0.2, 0) is 6.54 Å². The van der Waals surface area contributed by atoms with Crippen LogP contribution in [0.25, 0.3) is 10.8 Å². The normalized spacial score (nSPS) is 10.2. The molecule has 2 aromatic carbocycles. The fourth-order valence-corrected chi connectivity index (χ4v) is 1.69. The molecule has 0 fully saturated rings. The Morgan fingerprint density at radius 3 is 2.67 bits per heavy atom. The Morgan fingerprint density at radius 2 is 1.87 bits per heavy atom. The zero-order chi connectivity index (χ0) is 10.7. The summed E-state index contributed by atoms with van der Waals surface area (Å²) in [5, 5.41) is 5.86. The van der Waals surface area contributed by atoms with Crippen LogP contribution in [0.3, 0.4) is 0 Å². The Hall–Kier alpha value is -1.76. The number of rotatable bonds is 3. The summed E-state index contributed by atoms with van der Waals surface area (Å²) in [5.41, 5.74) is 2.32. The summed E-state index contributed by atoms with van der Waals surface area (Å²) >= 11 is 0. The van der Waals surface area contributed by atoms with Crippen molar-refractivity contribution in [2.45, 2.75) is 13.5 Å². The Labute approximate surface area is 90.4 Å². The number of hydrogen-bond acceptors (Lipinski definition) is 1. The third kappa shape index (κ3) is 2.18. The Balaban J connectivity index is 2.38. The van der Waals surface area contributed by atoms with Gasteiger partial charge in [-0.1, -0.05) is 49.0 Å². The van der Waals surface area contributed by atoms with Gasteiger partial charge in [-0.2, -0.15) is 0 Å². The van der Waals surface area contributed by atoms with Crippen molar-refractivity contribution in [3.63, 3.8) is 0 Å². The number of nitrogens with one attached hydrogen (secondary N) is 1. The van der Waals surface area contributed by atoms with Gasteiger partial charge in [0.25, 0.3) is 0 Å². The van der Waals surface area contributed by atoms with Crippen LogP contribution in [0.15, 0.2) is 54.7 Å². The molecule has 0 aliphatic rings. The SMILES string of the molecule is C=C(C)NCc1cccc2ccccc12. The van der Waals surface area contributed by atoms with Crippen molar-refractivity contribution < 1.29 is 0 Å². The van der Waals surface area contributed by atoms with E-state index in [1.165, 1.54) is 16.3 Å². The quantitative estimate of drug-likeness (QED) is 0.794. The van der Waals surface area contributed by atoms with Gasteiger partial charge in [-0.3, -0.25) is 0 Å². The predicted octanol–water partition coefficient (Wildman–Crippen LogP) is 3.46. The van der Waals surface area contributed by atoms with E-state index in [0.29, 0.717) is 0 Å². The van der Waals surface area contributed by atoms with Gasteiger partial charge in [0.2, 0.25) is 0 Å². The molecule has 0 aliphatic heterocycles. The summed E-state index contributed by atoms with van der Waals surface area (Å²) in [6.45, 7) is 6.66. The molecule has 0 heterocycles. The van der Waals surface area contributed by atoms with Crippen LogP contribution in [0.4, 0.5) is 0 Å². The predicted molar refractivity (Wildman–Crippen MR) is 65.6 cm³/mol. The lowest BCUT2D eigenvalue weighted by Crippen LogP contribution is -2.09. The van der Waals surface area contributed by atoms with Crippen LogP contribution in [0, 0.1) is 0 Å². The second-order valence-electron chi connectivity index (χ2n) is 3.77. The molecule has 1 N–H and O–H groups in total. The van der Waals surface area contributed by atoms with Gasteiger partial charge in [-0.05, 0) is 23.3 Å². The van der Waals surface area contributed by atoms with Crippen LogP contribution in [-0.4, -0.2) is 0 Å². The zero-order valence-corrected chi connectivity index (χ0v) is 8.96. The molecule has 0 amide bonds. The van der Waals surface area contributed by atoms with E-state index in [2.05, 4.69) is 54.4 Å². The molecule has 0 radical (unpaired) electrons. The molecule has 0 aromatic heterocycles. The highest BCUT2D eigenvalue weighted by Gasteiger charge is 1.98. The van der Waals surface area contributed by atoms with Crippen molar-refractivity contribution in [2.24, 2.45) is 0 Å². The van der Waals surface area contributed by atoms with E-state index in [9.17, 15) is 0 Å². The van der Waals surface area contributed by atoms with Crippen molar-refractivity contribution >= 4 is 10.8 Å². The lowest BCUT2D eigenvalue weighted by molar-refractivity contribution is 0.821. The molecule has 15 heavy (non-hydrogen) atoms. The van der Waals surface area contributed by atoms with Crippen LogP contribution in [0.2, 0.25) is 0 Å². The molecule has 0 atom stereocenters. The van der Waals surface area contributed by atoms with E-state index in [1.807, 2.05) is 6.92 Å². The van der Waals surface area contributed by atoms with E-state index in [4.69, 9.17) is 0 Å². The van der Waals surface area contributed by atoms with Crippen LogP contribution >= 0.6 is 0 Å². The van der Waals surface area contributed by atoms with E-state index in [-0.39, 0.29) is 0 Å². The van der Waals surface area contributed by atoms with Crippen molar-refractivity contribution in [1.82, 2.24) is 5.32 Å². The van der Waals surface area contributed by atoms with Crippen molar-refractivity contribution in [3.8, 4) is 0 Å². The van der Waals surface area contributed by atoms with Crippen molar-refractivity contribution in [1.29, 1.82) is 0 Å². The van der Waals surface area contributed by atoms with Gasteiger partial charge in [-0.25, -0.2) is 0 Å². The average Bonchev–Trinajstić information content (AvgIpc) is 2.26. The fraction of sp³-hybridized carbons (Fsp3) is 0.143. The summed E-state index contributed by atoms with van der Waals surface area (Å²) in [6, 6.07) is 14.8. The topological polar surface area (TPSA) is 12.0 Å². The summed E-state index contributed by atoms with van der Waals surface area (Å²) in [5.74, 6) is 0. The monoisotopic (exact) mass is 197 g/mol. The van der Waals surface area contributed by atoms with Gasteiger partial charge in [0, 0.05) is 12.2 Å². The maximum atomic E-state index is 3.84. The summed E-state index contributed by atoms with van der Waals surface area (Å²) in [7, 11) is 0. The second kappa shape index (κ2) is 4.18. The van der Waals surface area contributed by atoms with Gasteiger partial charge in [0.05, 0.1) is 0 Å². The molecule has 0 unspecified atom stereocenters. The van der Waals surface area contributed by atoms with Gasteiger partial charge in [0.15, 0.2) is 0 Å². The third-order valence-corrected chi connectivity index (χ3v) is 2.46. The summed E-state index contributed by atoms with van der Waals surface area (Å²) in [6.07, 6.45) is 0. The molecular formula is C14H15N. The average molecular weight is 197 g/mol. The minimum atomic E-state index is 0.844. The smallest absolute Gasteiger partial charge is 0.0403 e. The highest BCUT2D eigenvalue weighted by atomic mass is 14.9. The minimum Gasteiger partial charge on any atom is -0.385 e. The van der Waals surface area contributed by atoms with Gasteiger partial charge >= 0.3 is 0 Å². The van der Waals surface area contributed by atoms with Crippen molar-refractivity contribution in [3.05, 3.63) is 60.3 Å². The van der Waals surface area contributed by atoms with Gasteiger partial charge in [-0.15, -0.1) is 0 Å². The molecule has 0 saturated heterocycles. The highest BCUT2D eigenvalue weighted by Crippen LogP contribution is 2.18. The Morgan fingerprint density at radius 1 is 1.13 bits per heavy atom. The third-order valence-electron chi connectivity index (χ3n) is 2.46. The fourth-order valence-electron chi connectivity index (χ4n) is 1.69. The molecule has 1 nitrogen and oxygen atoms in total. The Bertz CT molecular complexity index is 480. The lowest BCUT2D eigenvalue weighted by Gasteiger charge is -2.08. The minimum absolute atomic E-state index is 0.844. The van der Waals surface area contributed by atoms with Crippen LogP contribution < -0.4 is 5.32 Å². The first-order valence-corrected chi connectivity index (χ1v) is 5.13. The van der Waals surface area contributed by atoms with Gasteiger partial charge < -0.3 is 5.32 Å². The van der Waals surface area contributed by atoms with E-state index in [1.54, 1.807) is 0 Å². The first kappa shape index (κ1) is 9.78. The molecule has 0 spiro atoms. The summed E-state index contributed by atoms with van der Waals surface area (Å²) < 4.78 is 0. The number of fused-ring (bicyclic) bond motifs is 1. The van der Waals surface area contributed by atoms with Crippen molar-refractivity contribution in [2.75, 3.05) is 0 Å². The molecule has 0 bridgehead atoms. The highest BCUT2D eigenvalue weighted by molar-refractivity contribution is 5.85. The maximum absolute atomic E-state index is 3.84. The Kier molecular flexibility index (Phi) is 2.72. The molecule has 1 heteroatoms. The molecule has 76 valence electrons. The first-order chi connectivity index (χ1) is 7.27. The zero-order valence-electron chi connectivity index (χ0n) is 8.96. The maximum Gasteiger partial charge on any atom is 0.0403 e. The molecule has 0 aliphatic carbocycles. The number of hydrogen-bond donors (Lipinski definition) is 1. The van der Waals surface area contributed by atoms with Gasteiger partial charge in [0.1, 0.15) is 0 Å². The molecule has 0 saturated carbocycles. The second-order valence-corrected chi connectivity index (χ2v) is 3.77. The first-order valence-electron chi connectivity index (χ1n) is 5.13. The largest absolute Gasteiger partial charge is 0.385 e. The standard InChI is InChI=1S/C14H15N/c1-11(2)15-10-13-8-5-7-12-6-3-4-9-14(12)13/h3-9,15H,1,10H2,2H3. The van der Waals surface area contributed by atoms with Crippen LogP contribution in [0.5, 0.6) is 0 Å². The molecule has 2 rings (SSSR count). The van der Waals surface area contributed by atoms with E-state index < -0.39 is 0 Å². The van der Waals surface area contributed by atoms with Crippen LogP contribution in [0.1, 0.15) is 12.5 Å². The molecule has 2 aromatic rings. The number of benzene rings is 2. The summed E-state index contributed by atoms with van der Waals surface area (Å²) in [4.78, 5) is 0.